The van der Waals surface area contributed by atoms with E-state index in [4.69, 9.17) is 11.6 Å². The van der Waals surface area contributed by atoms with Crippen molar-refractivity contribution in [3.8, 4) is 0 Å². The second-order valence-corrected chi connectivity index (χ2v) is 8.46. The molecule has 26 heavy (non-hydrogen) atoms. The highest BCUT2D eigenvalue weighted by molar-refractivity contribution is 7.10. The quantitative estimate of drug-likeness (QED) is 0.786. The van der Waals surface area contributed by atoms with E-state index >= 15 is 0 Å². The number of rotatable bonds is 3. The van der Waals surface area contributed by atoms with Crippen molar-refractivity contribution in [3.63, 3.8) is 0 Å². The molecule has 0 aliphatic carbocycles. The third-order valence-electron chi connectivity index (χ3n) is 5.33. The summed E-state index contributed by atoms with van der Waals surface area (Å²) in [5.74, 6) is 0.584. The lowest BCUT2D eigenvalue weighted by Gasteiger charge is -2.34. The number of anilines is 1. The molecule has 4 nitrogen and oxygen atoms in total. The van der Waals surface area contributed by atoms with Gasteiger partial charge in [-0.2, -0.15) is 0 Å². The maximum atomic E-state index is 14.0. The molecular formula is C19H21ClFN3OS. The number of hydrogen-bond acceptors (Lipinski definition) is 4. The fourth-order valence-electron chi connectivity index (χ4n) is 3.83. The van der Waals surface area contributed by atoms with Gasteiger partial charge in [-0.15, -0.1) is 11.3 Å². The van der Waals surface area contributed by atoms with Gasteiger partial charge in [-0.3, -0.25) is 4.79 Å². The molecule has 1 amide bonds. The van der Waals surface area contributed by atoms with Crippen LogP contribution in [0.3, 0.4) is 0 Å². The Kier molecular flexibility index (Phi) is 5.14. The minimum atomic E-state index is -0.382. The molecule has 0 unspecified atom stereocenters. The second kappa shape index (κ2) is 7.53. The van der Waals surface area contributed by atoms with Crippen molar-refractivity contribution in [2.24, 2.45) is 5.92 Å². The first-order chi connectivity index (χ1) is 12.6. The lowest BCUT2D eigenvalue weighted by atomic mass is 9.92. The molecule has 0 radical (unpaired) electrons. The molecule has 0 N–H and O–H groups in total. The van der Waals surface area contributed by atoms with Crippen molar-refractivity contribution in [2.75, 3.05) is 24.5 Å². The molecule has 0 spiro atoms. The molecule has 2 aromatic heterocycles. The molecule has 4 heterocycles. The molecule has 0 saturated carbocycles. The topological polar surface area (TPSA) is 36.4 Å². The van der Waals surface area contributed by atoms with Crippen LogP contribution >= 0.6 is 22.9 Å². The van der Waals surface area contributed by atoms with Crippen molar-refractivity contribution < 1.29 is 9.18 Å². The lowest BCUT2D eigenvalue weighted by Crippen LogP contribution is -2.39. The molecule has 7 heteroatoms. The number of amides is 1. The minimum absolute atomic E-state index is 0.246. The Hall–Kier alpha value is -1.66. The average molecular weight is 394 g/mol. The van der Waals surface area contributed by atoms with Crippen LogP contribution < -0.4 is 4.90 Å². The standard InChI is InChI=1S/C19H21ClFN3OS/c20-15-10-16(21)19(22-11-15)23-5-1-13(2-6-23)9-18(25)24-7-3-17-14(12-24)4-8-26-17/h4,8,10-11,13H,1-3,5-7,9,12H2. The fraction of sp³-hybridized carbons (Fsp3) is 0.474. The molecular weight excluding hydrogens is 373 g/mol. The number of carbonyl (C=O) groups excluding carboxylic acids is 1. The monoisotopic (exact) mass is 393 g/mol. The van der Waals surface area contributed by atoms with Gasteiger partial charge in [0.05, 0.1) is 5.02 Å². The normalized spacial score (nSPS) is 18.1. The van der Waals surface area contributed by atoms with Gasteiger partial charge in [-0.05, 0) is 48.3 Å². The lowest BCUT2D eigenvalue weighted by molar-refractivity contribution is -0.133. The molecule has 1 saturated heterocycles. The van der Waals surface area contributed by atoms with Gasteiger partial charge in [0.1, 0.15) is 0 Å². The number of thiophene rings is 1. The summed E-state index contributed by atoms with van der Waals surface area (Å²) in [5, 5.41) is 2.42. The molecule has 0 bridgehead atoms. The highest BCUT2D eigenvalue weighted by atomic mass is 35.5. The Morgan fingerprint density at radius 1 is 1.35 bits per heavy atom. The first-order valence-electron chi connectivity index (χ1n) is 8.99. The number of pyridine rings is 1. The zero-order valence-corrected chi connectivity index (χ0v) is 16.0. The largest absolute Gasteiger partial charge is 0.354 e. The number of aromatic nitrogens is 1. The smallest absolute Gasteiger partial charge is 0.223 e. The van der Waals surface area contributed by atoms with Crippen LogP contribution in [0.5, 0.6) is 0 Å². The molecule has 138 valence electrons. The van der Waals surface area contributed by atoms with E-state index in [9.17, 15) is 9.18 Å². The van der Waals surface area contributed by atoms with Crippen LogP contribution in [0, 0.1) is 11.7 Å². The molecule has 2 aliphatic heterocycles. The second-order valence-electron chi connectivity index (χ2n) is 7.03. The molecule has 1 fully saturated rings. The van der Waals surface area contributed by atoms with Crippen LogP contribution in [0.15, 0.2) is 23.7 Å². The summed E-state index contributed by atoms with van der Waals surface area (Å²) >= 11 is 7.56. The van der Waals surface area contributed by atoms with E-state index in [2.05, 4.69) is 16.4 Å². The first-order valence-corrected chi connectivity index (χ1v) is 10.2. The van der Waals surface area contributed by atoms with Crippen molar-refractivity contribution >= 4 is 34.7 Å². The minimum Gasteiger partial charge on any atom is -0.354 e. The summed E-state index contributed by atoms with van der Waals surface area (Å²) in [7, 11) is 0. The molecule has 0 aromatic carbocycles. The molecule has 0 atom stereocenters. The first kappa shape index (κ1) is 17.7. The van der Waals surface area contributed by atoms with Gasteiger partial charge >= 0.3 is 0 Å². The Balaban J connectivity index is 1.30. The maximum Gasteiger partial charge on any atom is 0.223 e. The fourth-order valence-corrected chi connectivity index (χ4v) is 4.86. The van der Waals surface area contributed by atoms with Gasteiger partial charge in [0.2, 0.25) is 5.91 Å². The Morgan fingerprint density at radius 2 is 2.15 bits per heavy atom. The number of nitrogens with zero attached hydrogens (tertiary/aromatic N) is 3. The summed E-state index contributed by atoms with van der Waals surface area (Å²) < 4.78 is 14.0. The molecule has 2 aliphatic rings. The number of halogens is 2. The van der Waals surface area contributed by atoms with E-state index in [0.717, 1.165) is 45.4 Å². The van der Waals surface area contributed by atoms with Gasteiger partial charge in [0, 0.05) is 43.7 Å². The highest BCUT2D eigenvalue weighted by Gasteiger charge is 2.27. The van der Waals surface area contributed by atoms with E-state index in [0.29, 0.717) is 23.2 Å². The van der Waals surface area contributed by atoms with E-state index in [1.54, 1.807) is 11.3 Å². The Bertz CT molecular complexity index is 804. The maximum absolute atomic E-state index is 14.0. The van der Waals surface area contributed by atoms with Gasteiger partial charge in [0.25, 0.3) is 0 Å². The van der Waals surface area contributed by atoms with Crippen molar-refractivity contribution in [3.05, 3.63) is 45.0 Å². The van der Waals surface area contributed by atoms with Crippen LogP contribution in [0.25, 0.3) is 0 Å². The van der Waals surface area contributed by atoms with Crippen molar-refractivity contribution in [1.29, 1.82) is 0 Å². The number of carbonyl (C=O) groups is 1. The summed E-state index contributed by atoms with van der Waals surface area (Å²) in [6.07, 6.45) is 4.80. The predicted molar refractivity (Wildman–Crippen MR) is 102 cm³/mol. The number of piperidine rings is 1. The Morgan fingerprint density at radius 3 is 2.92 bits per heavy atom. The van der Waals surface area contributed by atoms with Crippen LogP contribution in [0.2, 0.25) is 5.02 Å². The van der Waals surface area contributed by atoms with E-state index in [-0.39, 0.29) is 11.7 Å². The van der Waals surface area contributed by atoms with Crippen LogP contribution in [0.4, 0.5) is 10.2 Å². The summed E-state index contributed by atoms with van der Waals surface area (Å²) in [5.41, 5.74) is 1.30. The average Bonchev–Trinajstić information content (AvgIpc) is 3.10. The number of hydrogen-bond donors (Lipinski definition) is 0. The SMILES string of the molecule is O=C(CC1CCN(c2ncc(Cl)cc2F)CC1)N1CCc2sccc2C1. The third kappa shape index (κ3) is 3.71. The van der Waals surface area contributed by atoms with E-state index in [1.807, 2.05) is 9.80 Å². The number of fused-ring (bicyclic) bond motifs is 1. The van der Waals surface area contributed by atoms with Gasteiger partial charge in [-0.1, -0.05) is 11.6 Å². The van der Waals surface area contributed by atoms with Gasteiger partial charge < -0.3 is 9.80 Å². The van der Waals surface area contributed by atoms with Crippen LogP contribution in [-0.4, -0.2) is 35.4 Å². The van der Waals surface area contributed by atoms with Crippen molar-refractivity contribution in [2.45, 2.75) is 32.2 Å². The van der Waals surface area contributed by atoms with Crippen LogP contribution in [0.1, 0.15) is 29.7 Å². The van der Waals surface area contributed by atoms with Crippen LogP contribution in [-0.2, 0) is 17.8 Å². The molecule has 2 aromatic rings. The van der Waals surface area contributed by atoms with E-state index < -0.39 is 0 Å². The van der Waals surface area contributed by atoms with Crippen molar-refractivity contribution in [1.82, 2.24) is 9.88 Å². The summed E-state index contributed by atoms with van der Waals surface area (Å²) in [6, 6.07) is 3.43. The summed E-state index contributed by atoms with van der Waals surface area (Å²) in [4.78, 5) is 22.1. The highest BCUT2D eigenvalue weighted by Crippen LogP contribution is 2.29. The van der Waals surface area contributed by atoms with E-state index in [1.165, 1.54) is 22.7 Å². The third-order valence-corrected chi connectivity index (χ3v) is 6.56. The van der Waals surface area contributed by atoms with Gasteiger partial charge in [-0.25, -0.2) is 9.37 Å². The summed E-state index contributed by atoms with van der Waals surface area (Å²) in [6.45, 7) is 3.01. The van der Waals surface area contributed by atoms with Gasteiger partial charge in [0.15, 0.2) is 11.6 Å². The predicted octanol–water partition coefficient (Wildman–Crippen LogP) is 4.13. The zero-order valence-electron chi connectivity index (χ0n) is 14.5. The zero-order chi connectivity index (χ0) is 18.1. The molecule has 4 rings (SSSR count). The Labute approximate surface area is 161 Å².